The maximum absolute atomic E-state index is 11.9. The van der Waals surface area contributed by atoms with Crippen molar-refractivity contribution in [1.29, 1.82) is 0 Å². The first kappa shape index (κ1) is 16.8. The average Bonchev–Trinajstić information content (AvgIpc) is 2.40. The highest BCUT2D eigenvalue weighted by atomic mass is 35.5. The molecule has 0 aliphatic rings. The second kappa shape index (κ2) is 7.50. The van der Waals surface area contributed by atoms with Crippen molar-refractivity contribution >= 4 is 23.2 Å². The Morgan fingerprint density at radius 1 is 1.40 bits per heavy atom. The molecule has 0 radical (unpaired) electrons. The van der Waals surface area contributed by atoms with Gasteiger partial charge >= 0.3 is 0 Å². The number of nitrogens with one attached hydrogen (secondary N) is 1. The van der Waals surface area contributed by atoms with Gasteiger partial charge in [-0.15, -0.1) is 0 Å². The van der Waals surface area contributed by atoms with Crippen LogP contribution in [-0.2, 0) is 0 Å². The molecule has 0 aromatic heterocycles. The minimum absolute atomic E-state index is 0.0380. The fourth-order valence-corrected chi connectivity index (χ4v) is 2.07. The first-order valence-corrected chi connectivity index (χ1v) is 7.19. The molecule has 3 N–H and O–H groups in total. The summed E-state index contributed by atoms with van der Waals surface area (Å²) in [6.45, 7) is 5.66. The molecule has 1 aromatic rings. The third-order valence-corrected chi connectivity index (χ3v) is 3.75. The van der Waals surface area contributed by atoms with E-state index in [2.05, 4.69) is 19.2 Å². The van der Waals surface area contributed by atoms with E-state index >= 15 is 0 Å². The van der Waals surface area contributed by atoms with Crippen molar-refractivity contribution in [3.8, 4) is 0 Å². The fourth-order valence-electron chi connectivity index (χ4n) is 1.88. The van der Waals surface area contributed by atoms with Crippen LogP contribution in [0.15, 0.2) is 18.2 Å². The number of halogens is 1. The molecule has 0 saturated heterocycles. The van der Waals surface area contributed by atoms with Crippen molar-refractivity contribution in [1.82, 2.24) is 4.90 Å². The Kier molecular flexibility index (Phi) is 6.30. The highest BCUT2D eigenvalue weighted by molar-refractivity contribution is 6.33. The van der Waals surface area contributed by atoms with Crippen LogP contribution in [0.5, 0.6) is 0 Å². The predicted octanol–water partition coefficient (Wildman–Crippen LogP) is 2.68. The van der Waals surface area contributed by atoms with Crippen molar-refractivity contribution in [3.05, 3.63) is 28.8 Å². The number of hydrogen-bond donors (Lipinski definition) is 2. The minimum Gasteiger partial charge on any atom is -0.383 e. The maximum atomic E-state index is 11.9. The first-order chi connectivity index (χ1) is 9.36. The van der Waals surface area contributed by atoms with E-state index < -0.39 is 0 Å². The third-order valence-electron chi connectivity index (χ3n) is 3.42. The summed E-state index contributed by atoms with van der Waals surface area (Å²) in [4.78, 5) is 13.5. The zero-order chi connectivity index (χ0) is 15.3. The number of amides is 1. The minimum atomic E-state index is -0.0380. The second-order valence-electron chi connectivity index (χ2n) is 5.51. The topological polar surface area (TPSA) is 58.4 Å². The van der Waals surface area contributed by atoms with Crippen LogP contribution in [0.3, 0.4) is 0 Å². The SMILES string of the molecule is CC(C)C(CN)CNc1cc(C(=O)N(C)C)ccc1Cl. The molecule has 0 bridgehead atoms. The van der Waals surface area contributed by atoms with Gasteiger partial charge in [0.2, 0.25) is 0 Å². The van der Waals surface area contributed by atoms with Crippen LogP contribution in [0.1, 0.15) is 24.2 Å². The molecule has 0 spiro atoms. The molecule has 1 unspecified atom stereocenters. The van der Waals surface area contributed by atoms with E-state index in [4.69, 9.17) is 17.3 Å². The van der Waals surface area contributed by atoms with E-state index in [1.165, 1.54) is 0 Å². The molecule has 1 rings (SSSR count). The number of benzene rings is 1. The van der Waals surface area contributed by atoms with E-state index in [1.54, 1.807) is 37.2 Å². The Morgan fingerprint density at radius 3 is 2.55 bits per heavy atom. The summed E-state index contributed by atoms with van der Waals surface area (Å²) in [5.41, 5.74) is 7.16. The normalized spacial score (nSPS) is 12.3. The van der Waals surface area contributed by atoms with Crippen LogP contribution in [0.4, 0.5) is 5.69 Å². The zero-order valence-electron chi connectivity index (χ0n) is 12.6. The van der Waals surface area contributed by atoms with Gasteiger partial charge in [-0.3, -0.25) is 4.79 Å². The lowest BCUT2D eigenvalue weighted by Crippen LogP contribution is -2.27. The van der Waals surface area contributed by atoms with Crippen molar-refractivity contribution < 1.29 is 4.79 Å². The number of carbonyl (C=O) groups excluding carboxylic acids is 1. The van der Waals surface area contributed by atoms with Crippen LogP contribution in [0, 0.1) is 11.8 Å². The summed E-state index contributed by atoms with van der Waals surface area (Å²) < 4.78 is 0. The fraction of sp³-hybridized carbons (Fsp3) is 0.533. The highest BCUT2D eigenvalue weighted by Crippen LogP contribution is 2.24. The van der Waals surface area contributed by atoms with Gasteiger partial charge in [-0.1, -0.05) is 25.4 Å². The molecular formula is C15H24ClN3O. The number of anilines is 1. The Morgan fingerprint density at radius 2 is 2.05 bits per heavy atom. The summed E-state index contributed by atoms with van der Waals surface area (Å²) in [5.74, 6) is 0.834. The summed E-state index contributed by atoms with van der Waals surface area (Å²) in [7, 11) is 3.46. The number of carbonyl (C=O) groups is 1. The van der Waals surface area contributed by atoms with Crippen molar-refractivity contribution in [3.63, 3.8) is 0 Å². The molecule has 4 nitrogen and oxygen atoms in total. The van der Waals surface area contributed by atoms with E-state index in [9.17, 15) is 4.79 Å². The van der Waals surface area contributed by atoms with Crippen LogP contribution in [0.2, 0.25) is 5.02 Å². The molecule has 5 heteroatoms. The largest absolute Gasteiger partial charge is 0.383 e. The van der Waals surface area contributed by atoms with Gasteiger partial charge in [0.15, 0.2) is 0 Å². The van der Waals surface area contributed by atoms with Gasteiger partial charge in [-0.25, -0.2) is 0 Å². The molecule has 0 fully saturated rings. The van der Waals surface area contributed by atoms with Crippen LogP contribution >= 0.6 is 11.6 Å². The van der Waals surface area contributed by atoms with E-state index in [1.807, 2.05) is 0 Å². The molecule has 0 heterocycles. The standard InChI is InChI=1S/C15H24ClN3O/c1-10(2)12(8-17)9-18-14-7-11(5-6-13(14)16)15(20)19(3)4/h5-7,10,12,18H,8-9,17H2,1-4H3. The number of nitrogens with two attached hydrogens (primary N) is 1. The summed E-state index contributed by atoms with van der Waals surface area (Å²) in [6, 6.07) is 5.27. The molecule has 0 saturated carbocycles. The summed E-state index contributed by atoms with van der Waals surface area (Å²) in [5, 5.41) is 3.91. The Hall–Kier alpha value is -1.26. The maximum Gasteiger partial charge on any atom is 0.253 e. The number of nitrogens with zero attached hydrogens (tertiary/aromatic N) is 1. The van der Waals surface area contributed by atoms with Gasteiger partial charge in [0.05, 0.1) is 10.7 Å². The lowest BCUT2D eigenvalue weighted by atomic mass is 9.96. The summed E-state index contributed by atoms with van der Waals surface area (Å²) in [6.07, 6.45) is 0. The van der Waals surface area contributed by atoms with E-state index in [0.29, 0.717) is 29.0 Å². The molecule has 1 amide bonds. The Balaban J connectivity index is 2.84. The van der Waals surface area contributed by atoms with Crippen molar-refractivity contribution in [2.45, 2.75) is 13.8 Å². The molecule has 1 atom stereocenters. The highest BCUT2D eigenvalue weighted by Gasteiger charge is 2.14. The van der Waals surface area contributed by atoms with Crippen molar-refractivity contribution in [2.24, 2.45) is 17.6 Å². The van der Waals surface area contributed by atoms with Gasteiger partial charge in [-0.2, -0.15) is 0 Å². The molecule has 20 heavy (non-hydrogen) atoms. The van der Waals surface area contributed by atoms with Crippen LogP contribution < -0.4 is 11.1 Å². The van der Waals surface area contributed by atoms with E-state index in [0.717, 1.165) is 12.2 Å². The Labute approximate surface area is 126 Å². The third kappa shape index (κ3) is 4.39. The lowest BCUT2D eigenvalue weighted by molar-refractivity contribution is 0.0827. The van der Waals surface area contributed by atoms with Crippen molar-refractivity contribution in [2.75, 3.05) is 32.5 Å². The smallest absolute Gasteiger partial charge is 0.253 e. The summed E-state index contributed by atoms with van der Waals surface area (Å²) >= 11 is 6.17. The molecular weight excluding hydrogens is 274 g/mol. The molecule has 0 aliphatic carbocycles. The monoisotopic (exact) mass is 297 g/mol. The average molecular weight is 298 g/mol. The lowest BCUT2D eigenvalue weighted by Gasteiger charge is -2.21. The van der Waals surface area contributed by atoms with E-state index in [-0.39, 0.29) is 5.91 Å². The molecule has 0 aliphatic heterocycles. The number of hydrogen-bond acceptors (Lipinski definition) is 3. The van der Waals surface area contributed by atoms with Gasteiger partial charge in [0, 0.05) is 26.2 Å². The first-order valence-electron chi connectivity index (χ1n) is 6.82. The Bertz CT molecular complexity index is 460. The molecule has 112 valence electrons. The van der Waals surface area contributed by atoms with Gasteiger partial charge in [-0.05, 0) is 36.6 Å². The van der Waals surface area contributed by atoms with Gasteiger partial charge < -0.3 is 16.0 Å². The molecule has 1 aromatic carbocycles. The van der Waals surface area contributed by atoms with Gasteiger partial charge in [0.25, 0.3) is 5.91 Å². The zero-order valence-corrected chi connectivity index (χ0v) is 13.4. The second-order valence-corrected chi connectivity index (χ2v) is 5.92. The number of rotatable bonds is 6. The van der Waals surface area contributed by atoms with Gasteiger partial charge in [0.1, 0.15) is 0 Å². The van der Waals surface area contributed by atoms with Crippen LogP contribution in [-0.4, -0.2) is 38.0 Å². The van der Waals surface area contributed by atoms with Crippen LogP contribution in [0.25, 0.3) is 0 Å². The quantitative estimate of drug-likeness (QED) is 0.849. The predicted molar refractivity (Wildman–Crippen MR) is 85.3 cm³/mol.